The van der Waals surface area contributed by atoms with Crippen molar-refractivity contribution in [2.45, 2.75) is 57.8 Å². The molecule has 21 rings (SSSR count). The number of para-hydroxylation sites is 3. The van der Waals surface area contributed by atoms with E-state index in [1.165, 1.54) is 127 Å². The molecule has 0 saturated heterocycles. The first-order chi connectivity index (χ1) is 48.8. The lowest BCUT2D eigenvalue weighted by Crippen LogP contribution is -2.14. The molecule has 0 saturated carbocycles. The van der Waals surface area contributed by atoms with Crippen molar-refractivity contribution in [3.05, 3.63) is 331 Å². The smallest absolute Gasteiger partial charge is 0.237 e. The van der Waals surface area contributed by atoms with Gasteiger partial charge in [0, 0.05) is 65.9 Å². The lowest BCUT2D eigenvalue weighted by Gasteiger charge is -2.21. The average Bonchev–Trinajstić information content (AvgIpc) is 1.59. The summed E-state index contributed by atoms with van der Waals surface area (Å²) in [6.45, 7) is 14.1. The summed E-state index contributed by atoms with van der Waals surface area (Å²) in [5.74, 6) is 1.39. The highest BCUT2D eigenvalue weighted by atomic mass is 15.2. The minimum atomic E-state index is -0.0698. The van der Waals surface area contributed by atoms with E-state index in [9.17, 15) is 0 Å². The van der Waals surface area contributed by atoms with E-state index in [1.807, 2.05) is 0 Å². The highest BCUT2D eigenvalue weighted by molar-refractivity contribution is 6.13. The second-order valence-corrected chi connectivity index (χ2v) is 29.7. The van der Waals surface area contributed by atoms with Crippen LogP contribution >= 0.6 is 0 Å². The van der Waals surface area contributed by atoms with Crippen LogP contribution in [0.2, 0.25) is 0 Å². The normalized spacial score (nSPS) is 14.3. The number of hydrogen-bond donors (Lipinski definition) is 0. The van der Waals surface area contributed by atoms with E-state index < -0.39 is 0 Å². The zero-order chi connectivity index (χ0) is 66.7. The monoisotopic (exact) mass is 1280 g/mol. The summed E-state index contributed by atoms with van der Waals surface area (Å²) in [6, 6.07) is 111. The maximum absolute atomic E-state index is 5.77. The summed E-state index contributed by atoms with van der Waals surface area (Å²) in [4.78, 5) is 11.5. The first-order valence-electron chi connectivity index (χ1n) is 35.1. The molecular weight excluding hydrogens is 1210 g/mol. The van der Waals surface area contributed by atoms with Crippen LogP contribution in [-0.2, 0) is 16.2 Å². The van der Waals surface area contributed by atoms with Gasteiger partial charge in [-0.25, -0.2) is 4.98 Å². The third-order valence-corrected chi connectivity index (χ3v) is 23.3. The Labute approximate surface area is 580 Å². The molecule has 18 aromatic rings. The molecule has 5 nitrogen and oxygen atoms in total. The highest BCUT2D eigenvalue weighted by Crippen LogP contribution is 2.53. The second kappa shape index (κ2) is 20.5. The van der Waals surface area contributed by atoms with Crippen molar-refractivity contribution in [2.75, 3.05) is 0 Å². The summed E-state index contributed by atoms with van der Waals surface area (Å²) < 4.78 is 7.08. The maximum atomic E-state index is 5.77. The van der Waals surface area contributed by atoms with Crippen LogP contribution in [0.4, 0.5) is 0 Å². The SMILES string of the molecule is CC1(C)c2ccccc2-c2cc(-c3ccc4c(c3)c3ccccc3n4-c3ccc4cc(-c5cc(-n6c7ccccc7c7cc(-c8ccc9c(c8)-c8ccccc8C9(C)C)ccc76)nc(-n6c7ccccc7c7cc(-c8ccc9c(c8)-c8ccccc8C9(C)C)ccc76)n5)ccc4c3)ccc21. The molecule has 3 aliphatic carbocycles. The van der Waals surface area contributed by atoms with Crippen LogP contribution in [0, 0.1) is 0 Å². The predicted octanol–water partition coefficient (Wildman–Crippen LogP) is 24.5. The first kappa shape index (κ1) is 56.9. The van der Waals surface area contributed by atoms with Crippen molar-refractivity contribution in [1.29, 1.82) is 0 Å². The summed E-state index contributed by atoms with van der Waals surface area (Å²) in [7, 11) is 0. The molecule has 472 valence electrons. The topological polar surface area (TPSA) is 40.6 Å². The quantitative estimate of drug-likeness (QED) is 0.160. The zero-order valence-electron chi connectivity index (χ0n) is 56.5. The molecule has 0 fully saturated rings. The van der Waals surface area contributed by atoms with Crippen LogP contribution in [0.5, 0.6) is 0 Å². The van der Waals surface area contributed by atoms with E-state index in [1.54, 1.807) is 0 Å². The van der Waals surface area contributed by atoms with E-state index in [0.29, 0.717) is 5.95 Å². The van der Waals surface area contributed by atoms with Crippen LogP contribution in [0.15, 0.2) is 297 Å². The van der Waals surface area contributed by atoms with E-state index in [2.05, 4.69) is 352 Å². The number of nitrogens with zero attached hydrogens (tertiary/aromatic N) is 5. The Hall–Kier alpha value is -12.2. The second-order valence-electron chi connectivity index (χ2n) is 29.7. The molecule has 5 heteroatoms. The van der Waals surface area contributed by atoms with Gasteiger partial charge in [0.2, 0.25) is 5.95 Å². The molecule has 0 aliphatic heterocycles. The molecular formula is C95H67N5. The van der Waals surface area contributed by atoms with Gasteiger partial charge in [-0.1, -0.05) is 242 Å². The molecule has 4 heterocycles. The molecule has 0 radical (unpaired) electrons. The molecule has 100 heavy (non-hydrogen) atoms. The lowest BCUT2D eigenvalue weighted by atomic mass is 9.82. The van der Waals surface area contributed by atoms with Crippen LogP contribution in [0.3, 0.4) is 0 Å². The van der Waals surface area contributed by atoms with Gasteiger partial charge < -0.3 is 4.57 Å². The number of rotatable bonds is 7. The van der Waals surface area contributed by atoms with Gasteiger partial charge in [-0.15, -0.1) is 0 Å². The van der Waals surface area contributed by atoms with E-state index in [4.69, 9.17) is 9.97 Å². The van der Waals surface area contributed by atoms with Crippen molar-refractivity contribution in [1.82, 2.24) is 23.7 Å². The number of hydrogen-bond acceptors (Lipinski definition) is 2. The molecule has 4 aromatic heterocycles. The van der Waals surface area contributed by atoms with Gasteiger partial charge >= 0.3 is 0 Å². The largest absolute Gasteiger partial charge is 0.309 e. The molecule has 0 unspecified atom stereocenters. The molecule has 0 spiro atoms. The van der Waals surface area contributed by atoms with Gasteiger partial charge in [-0.2, -0.15) is 4.98 Å². The van der Waals surface area contributed by atoms with Crippen LogP contribution in [0.25, 0.3) is 172 Å². The number of fused-ring (bicyclic) bond motifs is 19. The summed E-state index contributed by atoms with van der Waals surface area (Å²) in [6.07, 6.45) is 0. The Balaban J connectivity index is 0.713. The highest BCUT2D eigenvalue weighted by Gasteiger charge is 2.38. The van der Waals surface area contributed by atoms with Crippen molar-refractivity contribution < 1.29 is 0 Å². The van der Waals surface area contributed by atoms with Crippen LogP contribution < -0.4 is 0 Å². The zero-order valence-corrected chi connectivity index (χ0v) is 56.5. The third-order valence-electron chi connectivity index (χ3n) is 23.3. The molecule has 0 atom stereocenters. The fourth-order valence-electron chi connectivity index (χ4n) is 18.2. The Morgan fingerprint density at radius 3 is 1.05 bits per heavy atom. The van der Waals surface area contributed by atoms with E-state index in [0.717, 1.165) is 71.8 Å². The Bertz CT molecular complexity index is 6390. The number of aromatic nitrogens is 5. The predicted molar refractivity (Wildman–Crippen MR) is 417 cm³/mol. The maximum Gasteiger partial charge on any atom is 0.237 e. The summed E-state index contributed by atoms with van der Waals surface area (Å²) in [5, 5.41) is 9.35. The summed E-state index contributed by atoms with van der Waals surface area (Å²) >= 11 is 0. The van der Waals surface area contributed by atoms with Gasteiger partial charge in [-0.05, 0) is 202 Å². The van der Waals surface area contributed by atoms with E-state index >= 15 is 0 Å². The fourth-order valence-corrected chi connectivity index (χ4v) is 18.2. The first-order valence-corrected chi connectivity index (χ1v) is 35.1. The minimum Gasteiger partial charge on any atom is -0.309 e. The molecule has 0 amide bonds. The Kier molecular flexibility index (Phi) is 11.6. The third kappa shape index (κ3) is 8.00. The van der Waals surface area contributed by atoms with Crippen LogP contribution in [0.1, 0.15) is 74.9 Å². The summed E-state index contributed by atoms with van der Waals surface area (Å²) in [5.41, 5.74) is 32.8. The Morgan fingerprint density at radius 2 is 0.570 bits per heavy atom. The van der Waals surface area contributed by atoms with Gasteiger partial charge in [0.25, 0.3) is 0 Å². The van der Waals surface area contributed by atoms with Crippen molar-refractivity contribution in [2.24, 2.45) is 0 Å². The van der Waals surface area contributed by atoms with Gasteiger partial charge in [0.1, 0.15) is 5.82 Å². The van der Waals surface area contributed by atoms with Crippen LogP contribution in [-0.4, -0.2) is 23.7 Å². The molecule has 14 aromatic carbocycles. The Morgan fingerprint density at radius 1 is 0.230 bits per heavy atom. The molecule has 3 aliphatic rings. The molecule has 0 bridgehead atoms. The van der Waals surface area contributed by atoms with E-state index in [-0.39, 0.29) is 16.2 Å². The average molecular weight is 1280 g/mol. The van der Waals surface area contributed by atoms with Crippen molar-refractivity contribution in [3.63, 3.8) is 0 Å². The number of benzene rings is 14. The standard InChI is InChI=1S/C95H67N5/c1-93(2)78-25-13-7-19-66(78)72-49-58(34-41-81(72)93)61-37-44-88-75(52-61)69-22-10-16-28-85(69)98(88)65-40-33-56-47-64(32-31-57(56)48-65)84-55-91(99-86-29-17-11-23-70(86)76-53-62(38-45-89(76)99)59-35-42-82-73(50-59)67-20-8-14-26-79(67)94(82,3)4)97-92(96-84)100-87-30-18-12-24-71(87)77-54-63(39-46-90(77)100)60-36-43-83-74(51-60)68-21-9-15-27-80(68)95(83,5)6/h7-55H,1-6H3. The van der Waals surface area contributed by atoms with Gasteiger partial charge in [0.15, 0.2) is 0 Å². The fraction of sp³-hybridized carbons (Fsp3) is 0.0947. The van der Waals surface area contributed by atoms with Gasteiger partial charge in [0.05, 0.1) is 38.8 Å². The van der Waals surface area contributed by atoms with Gasteiger partial charge in [-0.3, -0.25) is 9.13 Å². The minimum absolute atomic E-state index is 0.0397. The van der Waals surface area contributed by atoms with Crippen molar-refractivity contribution >= 4 is 76.2 Å². The lowest BCUT2D eigenvalue weighted by molar-refractivity contribution is 0.660. The van der Waals surface area contributed by atoms with Crippen molar-refractivity contribution in [3.8, 4) is 95.5 Å². The molecule has 0 N–H and O–H groups in total.